The van der Waals surface area contributed by atoms with Crippen LogP contribution in [0.25, 0.3) is 0 Å². The zero-order chi connectivity index (χ0) is 13.8. The average molecular weight is 286 g/mol. The second-order valence-corrected chi connectivity index (χ2v) is 6.59. The highest BCUT2D eigenvalue weighted by Gasteiger charge is 2.23. The first-order chi connectivity index (χ1) is 9.81. The van der Waals surface area contributed by atoms with Gasteiger partial charge in [-0.1, -0.05) is 36.4 Å². The van der Waals surface area contributed by atoms with E-state index in [0.29, 0.717) is 12.1 Å². The Kier molecular flexibility index (Phi) is 4.51. The second kappa shape index (κ2) is 6.53. The van der Waals surface area contributed by atoms with Gasteiger partial charge in [0, 0.05) is 36.6 Å². The van der Waals surface area contributed by atoms with E-state index in [4.69, 9.17) is 0 Å². The Hall–Kier alpha value is -1.16. The number of rotatable bonds is 5. The third-order valence-electron chi connectivity index (χ3n) is 3.98. The smallest absolute Gasteiger partial charge is 0.0388 e. The Morgan fingerprint density at radius 3 is 2.85 bits per heavy atom. The van der Waals surface area contributed by atoms with Gasteiger partial charge in [-0.15, -0.1) is 11.3 Å². The van der Waals surface area contributed by atoms with Crippen molar-refractivity contribution in [3.8, 4) is 0 Å². The maximum atomic E-state index is 3.77. The predicted molar refractivity (Wildman–Crippen MR) is 86.0 cm³/mol. The minimum atomic E-state index is 0.469. The topological polar surface area (TPSA) is 15.3 Å². The monoisotopic (exact) mass is 286 g/mol. The molecule has 1 saturated heterocycles. The molecule has 0 spiro atoms. The van der Waals surface area contributed by atoms with Crippen LogP contribution in [0.5, 0.6) is 0 Å². The van der Waals surface area contributed by atoms with Crippen molar-refractivity contribution in [3.05, 3.63) is 58.3 Å². The van der Waals surface area contributed by atoms with Crippen LogP contribution in [-0.2, 0) is 6.54 Å². The first-order valence-corrected chi connectivity index (χ1v) is 8.25. The molecule has 1 N–H and O–H groups in total. The van der Waals surface area contributed by atoms with Gasteiger partial charge in [0.2, 0.25) is 0 Å². The highest BCUT2D eigenvalue weighted by Crippen LogP contribution is 2.21. The molecule has 0 amide bonds. The van der Waals surface area contributed by atoms with Crippen molar-refractivity contribution in [2.24, 2.45) is 0 Å². The second-order valence-electron chi connectivity index (χ2n) is 5.61. The average Bonchev–Trinajstić information content (AvgIpc) is 3.11. The van der Waals surface area contributed by atoms with Gasteiger partial charge < -0.3 is 5.32 Å². The molecule has 1 aliphatic rings. The molecule has 1 aromatic heterocycles. The maximum Gasteiger partial charge on any atom is 0.0388 e. The zero-order valence-electron chi connectivity index (χ0n) is 12.0. The molecule has 1 aromatic carbocycles. The fraction of sp³-hybridized carbons (Fsp3) is 0.412. The van der Waals surface area contributed by atoms with Gasteiger partial charge >= 0.3 is 0 Å². The van der Waals surface area contributed by atoms with Crippen molar-refractivity contribution in [1.29, 1.82) is 0 Å². The van der Waals surface area contributed by atoms with E-state index in [2.05, 4.69) is 65.0 Å². The fourth-order valence-corrected chi connectivity index (χ4v) is 3.67. The lowest BCUT2D eigenvalue weighted by Gasteiger charge is -2.20. The summed E-state index contributed by atoms with van der Waals surface area (Å²) in [6.07, 6.45) is 1.25. The summed E-state index contributed by atoms with van der Waals surface area (Å²) in [6.45, 7) is 5.70. The molecule has 3 rings (SSSR count). The molecule has 2 atom stereocenters. The Bertz CT molecular complexity index is 509. The Labute approximate surface area is 125 Å². The van der Waals surface area contributed by atoms with Crippen molar-refractivity contribution in [2.75, 3.05) is 13.1 Å². The van der Waals surface area contributed by atoms with E-state index in [1.165, 1.54) is 23.4 Å². The molecule has 2 nitrogen and oxygen atoms in total. The van der Waals surface area contributed by atoms with Crippen molar-refractivity contribution < 1.29 is 0 Å². The van der Waals surface area contributed by atoms with Gasteiger partial charge in [0.15, 0.2) is 0 Å². The van der Waals surface area contributed by atoms with Gasteiger partial charge in [-0.2, -0.15) is 0 Å². The van der Waals surface area contributed by atoms with Gasteiger partial charge in [0.1, 0.15) is 0 Å². The maximum absolute atomic E-state index is 3.77. The van der Waals surface area contributed by atoms with Crippen molar-refractivity contribution in [2.45, 2.75) is 32.0 Å². The van der Waals surface area contributed by atoms with Crippen LogP contribution in [0.2, 0.25) is 0 Å². The normalized spacial score (nSPS) is 21.1. The first kappa shape index (κ1) is 13.8. The number of hydrogen-bond donors (Lipinski definition) is 1. The summed E-state index contributed by atoms with van der Waals surface area (Å²) in [5.74, 6) is 0. The summed E-state index contributed by atoms with van der Waals surface area (Å²) < 4.78 is 0. The quantitative estimate of drug-likeness (QED) is 0.902. The van der Waals surface area contributed by atoms with Crippen LogP contribution in [0.15, 0.2) is 47.8 Å². The summed E-state index contributed by atoms with van der Waals surface area (Å²) in [4.78, 5) is 3.99. The van der Waals surface area contributed by atoms with E-state index in [1.54, 1.807) is 0 Å². The van der Waals surface area contributed by atoms with Crippen LogP contribution in [0.3, 0.4) is 0 Å². The van der Waals surface area contributed by atoms with Crippen molar-refractivity contribution in [3.63, 3.8) is 0 Å². The van der Waals surface area contributed by atoms with E-state index in [-0.39, 0.29) is 0 Å². The molecule has 0 radical (unpaired) electrons. The molecular weight excluding hydrogens is 264 g/mol. The van der Waals surface area contributed by atoms with E-state index in [1.807, 2.05) is 11.3 Å². The van der Waals surface area contributed by atoms with Crippen LogP contribution >= 0.6 is 11.3 Å². The highest BCUT2D eigenvalue weighted by molar-refractivity contribution is 7.10. The van der Waals surface area contributed by atoms with E-state index in [0.717, 1.165) is 13.1 Å². The summed E-state index contributed by atoms with van der Waals surface area (Å²) in [6, 6.07) is 16.2. The highest BCUT2D eigenvalue weighted by atomic mass is 32.1. The molecule has 2 aromatic rings. The van der Waals surface area contributed by atoms with Crippen LogP contribution in [0.4, 0.5) is 0 Å². The third-order valence-corrected chi connectivity index (χ3v) is 5.03. The lowest BCUT2D eigenvalue weighted by Crippen LogP contribution is -2.33. The van der Waals surface area contributed by atoms with Gasteiger partial charge in [-0.05, 0) is 30.4 Å². The Balaban J connectivity index is 1.50. The van der Waals surface area contributed by atoms with Crippen molar-refractivity contribution in [1.82, 2.24) is 10.2 Å². The van der Waals surface area contributed by atoms with E-state index >= 15 is 0 Å². The number of likely N-dealkylation sites (tertiary alicyclic amines) is 1. The number of nitrogens with zero attached hydrogens (tertiary/aromatic N) is 1. The lowest BCUT2D eigenvalue weighted by molar-refractivity contribution is 0.316. The van der Waals surface area contributed by atoms with Crippen LogP contribution in [0, 0.1) is 0 Å². The SMILES string of the molecule is C[C@H](NC1CCN(Cc2ccccc2)C1)c1cccs1. The zero-order valence-corrected chi connectivity index (χ0v) is 12.8. The summed E-state index contributed by atoms with van der Waals surface area (Å²) >= 11 is 1.84. The molecule has 3 heteroatoms. The van der Waals surface area contributed by atoms with Crippen LogP contribution in [-0.4, -0.2) is 24.0 Å². The van der Waals surface area contributed by atoms with E-state index < -0.39 is 0 Å². The Morgan fingerprint density at radius 1 is 1.25 bits per heavy atom. The standard InChI is InChI=1S/C17H22N2S/c1-14(17-8-5-11-20-17)18-16-9-10-19(13-16)12-15-6-3-2-4-7-15/h2-8,11,14,16,18H,9-10,12-13H2,1H3/t14-,16?/m0/s1. The van der Waals surface area contributed by atoms with Gasteiger partial charge in [-0.3, -0.25) is 4.90 Å². The van der Waals surface area contributed by atoms with Crippen LogP contribution in [0.1, 0.15) is 29.8 Å². The third kappa shape index (κ3) is 3.48. The predicted octanol–water partition coefficient (Wildman–Crippen LogP) is 3.67. The van der Waals surface area contributed by atoms with Gasteiger partial charge in [0.25, 0.3) is 0 Å². The van der Waals surface area contributed by atoms with E-state index in [9.17, 15) is 0 Å². The van der Waals surface area contributed by atoms with Gasteiger partial charge in [0.05, 0.1) is 0 Å². The molecule has 0 aliphatic carbocycles. The molecule has 1 fully saturated rings. The number of hydrogen-bond acceptors (Lipinski definition) is 3. The summed E-state index contributed by atoms with van der Waals surface area (Å²) in [5, 5.41) is 5.92. The summed E-state index contributed by atoms with van der Waals surface area (Å²) in [5.41, 5.74) is 1.42. The molecule has 0 bridgehead atoms. The molecule has 0 saturated carbocycles. The molecule has 1 aliphatic heterocycles. The Morgan fingerprint density at radius 2 is 2.10 bits per heavy atom. The molecule has 2 heterocycles. The fourth-order valence-electron chi connectivity index (χ4n) is 2.93. The van der Waals surface area contributed by atoms with Crippen molar-refractivity contribution >= 4 is 11.3 Å². The van der Waals surface area contributed by atoms with Gasteiger partial charge in [-0.25, -0.2) is 0 Å². The number of nitrogens with one attached hydrogen (secondary N) is 1. The minimum absolute atomic E-state index is 0.469. The molecular formula is C17H22N2S. The minimum Gasteiger partial charge on any atom is -0.305 e. The number of thiophene rings is 1. The lowest BCUT2D eigenvalue weighted by atomic mass is 10.2. The number of benzene rings is 1. The molecule has 1 unspecified atom stereocenters. The largest absolute Gasteiger partial charge is 0.305 e. The first-order valence-electron chi connectivity index (χ1n) is 7.37. The molecule has 20 heavy (non-hydrogen) atoms. The summed E-state index contributed by atoms with van der Waals surface area (Å²) in [7, 11) is 0. The molecule has 106 valence electrons. The van der Waals surface area contributed by atoms with Crippen LogP contribution < -0.4 is 5.32 Å².